The molecule has 1 aliphatic rings. The maximum Gasteiger partial charge on any atom is 0.471 e. The lowest BCUT2D eigenvalue weighted by Crippen LogP contribution is -2.65. The number of halogens is 3. The fraction of sp³-hybridized carbons (Fsp3) is 0.773. The van der Waals surface area contributed by atoms with Crippen LogP contribution in [-0.2, 0) is 42.9 Å². The van der Waals surface area contributed by atoms with Gasteiger partial charge in [0.05, 0.1) is 0 Å². The molecule has 1 heterocycles. The molecule has 0 saturated carbocycles. The SMILES string of the molecule is CC(=O)NC1C(SCCCCCCNC(=O)C(F)(F)F)OC(COC(C)=O)C(OC(C)=O)C1OC(C)=O. The summed E-state index contributed by atoms with van der Waals surface area (Å²) < 4.78 is 58.4. The number of hydrogen-bond donors (Lipinski definition) is 2. The summed E-state index contributed by atoms with van der Waals surface area (Å²) >= 11 is 1.28. The second-order valence-electron chi connectivity index (χ2n) is 8.26. The Kier molecular flexibility index (Phi) is 13.7. The molecule has 1 fully saturated rings. The van der Waals surface area contributed by atoms with Gasteiger partial charge in [0.1, 0.15) is 24.2 Å². The minimum Gasteiger partial charge on any atom is -0.463 e. The molecule has 11 nitrogen and oxygen atoms in total. The van der Waals surface area contributed by atoms with Crippen LogP contribution in [0.1, 0.15) is 53.4 Å². The molecule has 1 saturated heterocycles. The minimum atomic E-state index is -4.91. The molecular formula is C22H33F3N2O9S. The average molecular weight is 559 g/mol. The van der Waals surface area contributed by atoms with Crippen molar-refractivity contribution < 1.29 is 56.1 Å². The number of thioether (sulfide) groups is 1. The van der Waals surface area contributed by atoms with E-state index in [9.17, 15) is 37.1 Å². The van der Waals surface area contributed by atoms with Crippen molar-refractivity contribution in [3.8, 4) is 0 Å². The third kappa shape index (κ3) is 12.5. The summed E-state index contributed by atoms with van der Waals surface area (Å²) in [6.07, 6.45) is -5.99. The van der Waals surface area contributed by atoms with Gasteiger partial charge in [0.15, 0.2) is 12.2 Å². The van der Waals surface area contributed by atoms with E-state index in [4.69, 9.17) is 18.9 Å². The van der Waals surface area contributed by atoms with Gasteiger partial charge in [-0.05, 0) is 18.6 Å². The number of alkyl halides is 3. The van der Waals surface area contributed by atoms with Crippen molar-refractivity contribution in [1.82, 2.24) is 10.6 Å². The first-order valence-corrected chi connectivity index (χ1v) is 12.6. The monoisotopic (exact) mass is 558 g/mol. The van der Waals surface area contributed by atoms with Crippen LogP contribution >= 0.6 is 11.8 Å². The Bertz CT molecular complexity index is 813. The van der Waals surface area contributed by atoms with Crippen molar-refractivity contribution in [3.63, 3.8) is 0 Å². The molecule has 0 aromatic heterocycles. The van der Waals surface area contributed by atoms with Crippen LogP contribution in [0.2, 0.25) is 0 Å². The summed E-state index contributed by atoms with van der Waals surface area (Å²) in [4.78, 5) is 57.6. The van der Waals surface area contributed by atoms with Crippen LogP contribution in [-0.4, -0.2) is 84.6 Å². The van der Waals surface area contributed by atoms with Gasteiger partial charge < -0.3 is 29.6 Å². The summed E-state index contributed by atoms with van der Waals surface area (Å²) in [5.74, 6) is -3.91. The van der Waals surface area contributed by atoms with E-state index >= 15 is 0 Å². The highest BCUT2D eigenvalue weighted by molar-refractivity contribution is 7.99. The topological polar surface area (TPSA) is 146 Å². The highest BCUT2D eigenvalue weighted by atomic mass is 32.2. The molecule has 2 N–H and O–H groups in total. The second-order valence-corrected chi connectivity index (χ2v) is 9.46. The van der Waals surface area contributed by atoms with Crippen LogP contribution in [0.3, 0.4) is 0 Å². The van der Waals surface area contributed by atoms with Crippen molar-refractivity contribution in [2.75, 3.05) is 18.9 Å². The largest absolute Gasteiger partial charge is 0.471 e. The molecule has 5 atom stereocenters. The Labute approximate surface area is 216 Å². The molecule has 0 bridgehead atoms. The van der Waals surface area contributed by atoms with E-state index in [-0.39, 0.29) is 13.2 Å². The van der Waals surface area contributed by atoms with Crippen molar-refractivity contribution >= 4 is 41.5 Å². The standard InChI is InChI=1S/C22H33F3N2O9S/c1-12(28)27-17-19(35-15(4)31)18(34-14(3)30)16(11-33-13(2)29)36-20(17)37-10-8-6-5-7-9-26-21(32)22(23,24)25/h16-20H,5-11H2,1-4H3,(H,26,32)(H,27,28). The zero-order valence-electron chi connectivity index (χ0n) is 21.1. The van der Waals surface area contributed by atoms with Crippen LogP contribution in [0.15, 0.2) is 0 Å². The molecule has 0 aromatic rings. The molecule has 5 unspecified atom stereocenters. The molecule has 37 heavy (non-hydrogen) atoms. The number of ether oxygens (including phenoxy) is 4. The van der Waals surface area contributed by atoms with Crippen molar-refractivity contribution in [2.24, 2.45) is 0 Å². The number of unbranched alkanes of at least 4 members (excludes halogenated alkanes) is 3. The van der Waals surface area contributed by atoms with Gasteiger partial charge in [0.25, 0.3) is 0 Å². The normalized spacial score (nSPS) is 23.5. The molecular weight excluding hydrogens is 525 g/mol. The number of carbonyl (C=O) groups excluding carboxylic acids is 5. The molecule has 15 heteroatoms. The summed E-state index contributed by atoms with van der Waals surface area (Å²) in [5, 5.41) is 4.48. The smallest absolute Gasteiger partial charge is 0.463 e. The van der Waals surface area contributed by atoms with Crippen molar-refractivity contribution in [3.05, 3.63) is 0 Å². The van der Waals surface area contributed by atoms with Crippen LogP contribution in [0.5, 0.6) is 0 Å². The minimum absolute atomic E-state index is 0.0960. The maximum absolute atomic E-state index is 12.2. The Hall–Kier alpha value is -2.55. The lowest BCUT2D eigenvalue weighted by Gasteiger charge is -2.45. The Morgan fingerprint density at radius 1 is 0.865 bits per heavy atom. The van der Waals surface area contributed by atoms with Crippen LogP contribution in [0.4, 0.5) is 13.2 Å². The maximum atomic E-state index is 12.2. The molecule has 212 valence electrons. The first kappa shape index (κ1) is 32.5. The van der Waals surface area contributed by atoms with E-state index in [2.05, 4.69) is 5.32 Å². The molecule has 0 spiro atoms. The summed E-state index contributed by atoms with van der Waals surface area (Å²) in [5.41, 5.74) is -0.772. The predicted molar refractivity (Wildman–Crippen MR) is 124 cm³/mol. The van der Waals surface area contributed by atoms with E-state index in [0.717, 1.165) is 13.8 Å². The van der Waals surface area contributed by atoms with Crippen molar-refractivity contribution in [1.29, 1.82) is 0 Å². The number of amides is 2. The summed E-state index contributed by atoms with van der Waals surface area (Å²) in [6, 6.07) is -0.901. The van der Waals surface area contributed by atoms with Gasteiger partial charge in [-0.1, -0.05) is 12.8 Å². The van der Waals surface area contributed by atoms with E-state index in [1.165, 1.54) is 25.6 Å². The average Bonchev–Trinajstić information content (AvgIpc) is 2.76. The fourth-order valence-corrected chi connectivity index (χ4v) is 4.77. The van der Waals surface area contributed by atoms with Gasteiger partial charge in [-0.25, -0.2) is 0 Å². The lowest BCUT2D eigenvalue weighted by atomic mass is 9.97. The van der Waals surface area contributed by atoms with E-state index in [0.29, 0.717) is 31.4 Å². The number of esters is 3. The molecule has 0 aromatic carbocycles. The highest BCUT2D eigenvalue weighted by Crippen LogP contribution is 2.33. The first-order valence-electron chi connectivity index (χ1n) is 11.6. The van der Waals surface area contributed by atoms with Gasteiger partial charge >= 0.3 is 30.0 Å². The van der Waals surface area contributed by atoms with Crippen LogP contribution < -0.4 is 10.6 Å². The number of hydrogen-bond acceptors (Lipinski definition) is 10. The Morgan fingerprint density at radius 3 is 2.00 bits per heavy atom. The van der Waals surface area contributed by atoms with Gasteiger partial charge in [-0.3, -0.25) is 24.0 Å². The van der Waals surface area contributed by atoms with E-state index < -0.39 is 65.7 Å². The zero-order valence-corrected chi connectivity index (χ0v) is 21.9. The highest BCUT2D eigenvalue weighted by Gasteiger charge is 2.50. The predicted octanol–water partition coefficient (Wildman–Crippen LogP) is 1.61. The summed E-state index contributed by atoms with van der Waals surface area (Å²) in [7, 11) is 0. The number of carbonyl (C=O) groups is 5. The molecule has 0 radical (unpaired) electrons. The third-order valence-corrected chi connectivity index (χ3v) is 6.22. The molecule has 1 rings (SSSR count). The Balaban J connectivity index is 2.82. The quantitative estimate of drug-likeness (QED) is 0.194. The van der Waals surface area contributed by atoms with E-state index in [1.807, 2.05) is 5.32 Å². The zero-order chi connectivity index (χ0) is 28.2. The van der Waals surface area contributed by atoms with Gasteiger partial charge in [-0.2, -0.15) is 13.2 Å². The number of nitrogens with one attached hydrogen (secondary N) is 2. The van der Waals surface area contributed by atoms with Crippen LogP contribution in [0.25, 0.3) is 0 Å². The van der Waals surface area contributed by atoms with Crippen molar-refractivity contribution in [2.45, 2.75) is 89.3 Å². The third-order valence-electron chi connectivity index (χ3n) is 4.97. The van der Waals surface area contributed by atoms with Gasteiger partial charge in [0.2, 0.25) is 5.91 Å². The van der Waals surface area contributed by atoms with Gasteiger partial charge in [0, 0.05) is 34.2 Å². The Morgan fingerprint density at radius 2 is 1.46 bits per heavy atom. The molecule has 2 amide bonds. The fourth-order valence-electron chi connectivity index (χ4n) is 3.52. The summed E-state index contributed by atoms with van der Waals surface area (Å²) in [6.45, 7) is 4.37. The first-order chi connectivity index (χ1) is 17.2. The van der Waals surface area contributed by atoms with Crippen LogP contribution in [0, 0.1) is 0 Å². The lowest BCUT2D eigenvalue weighted by molar-refractivity contribution is -0.211. The second kappa shape index (κ2) is 15.6. The molecule has 1 aliphatic heterocycles. The van der Waals surface area contributed by atoms with E-state index in [1.54, 1.807) is 0 Å². The molecule has 0 aliphatic carbocycles. The number of rotatable bonds is 13. The van der Waals surface area contributed by atoms with Gasteiger partial charge in [-0.15, -0.1) is 11.8 Å².